The summed E-state index contributed by atoms with van der Waals surface area (Å²) in [6, 6.07) is 1.40. The van der Waals surface area contributed by atoms with Gasteiger partial charge in [-0.05, 0) is 56.0 Å². The van der Waals surface area contributed by atoms with E-state index in [0.29, 0.717) is 0 Å². The third kappa shape index (κ3) is 3.96. The van der Waals surface area contributed by atoms with E-state index < -0.39 is 24.0 Å². The summed E-state index contributed by atoms with van der Waals surface area (Å²) in [5.74, 6) is -1.45. The van der Waals surface area contributed by atoms with Crippen LogP contribution >= 0.6 is 0 Å². The van der Waals surface area contributed by atoms with Crippen LogP contribution in [0.15, 0.2) is 12.1 Å². The Labute approximate surface area is 117 Å². The lowest BCUT2D eigenvalue weighted by molar-refractivity contribution is -0.141. The number of rotatable bonds is 5. The van der Waals surface area contributed by atoms with Gasteiger partial charge in [-0.3, -0.25) is 9.59 Å². The van der Waals surface area contributed by atoms with E-state index in [4.69, 9.17) is 10.8 Å². The fraction of sp³-hybridized carbons (Fsp3) is 0.429. The molecule has 0 heterocycles. The molecule has 110 valence electrons. The SMILES string of the molecule is Cc1cc(O)cc(C)c1CC(N)C(=O)N[C@H](C)C(=O)O. The molecule has 0 saturated carbocycles. The molecule has 0 aliphatic carbocycles. The highest BCUT2D eigenvalue weighted by atomic mass is 16.4. The standard InChI is InChI=1S/C14H20N2O4/c1-7-4-10(17)5-8(2)11(7)6-12(15)13(18)16-9(3)14(19)20/h4-5,9,12,17H,6,15H2,1-3H3,(H,16,18)(H,19,20)/t9-,12?/m1/s1. The quantitative estimate of drug-likeness (QED) is 0.626. The highest BCUT2D eigenvalue weighted by molar-refractivity contribution is 5.86. The van der Waals surface area contributed by atoms with E-state index in [1.807, 2.05) is 13.8 Å². The average molecular weight is 280 g/mol. The predicted octanol–water partition coefficient (Wildman–Crippen LogP) is 0.468. The van der Waals surface area contributed by atoms with Crippen LogP contribution in [0.25, 0.3) is 0 Å². The minimum Gasteiger partial charge on any atom is -0.508 e. The second-order valence-electron chi connectivity index (χ2n) is 4.94. The number of nitrogens with one attached hydrogen (secondary N) is 1. The fourth-order valence-corrected chi connectivity index (χ4v) is 1.99. The zero-order valence-electron chi connectivity index (χ0n) is 11.8. The summed E-state index contributed by atoms with van der Waals surface area (Å²) in [4.78, 5) is 22.5. The number of benzene rings is 1. The summed E-state index contributed by atoms with van der Waals surface area (Å²) < 4.78 is 0. The van der Waals surface area contributed by atoms with Gasteiger partial charge < -0.3 is 21.3 Å². The van der Waals surface area contributed by atoms with Crippen LogP contribution in [0.1, 0.15) is 23.6 Å². The molecule has 1 aromatic rings. The van der Waals surface area contributed by atoms with Gasteiger partial charge in [0.15, 0.2) is 0 Å². The molecule has 0 radical (unpaired) electrons. The summed E-state index contributed by atoms with van der Waals surface area (Å²) in [5.41, 5.74) is 8.38. The van der Waals surface area contributed by atoms with Gasteiger partial charge in [0.25, 0.3) is 0 Å². The van der Waals surface area contributed by atoms with Crippen molar-refractivity contribution in [3.8, 4) is 5.75 Å². The molecule has 1 aromatic carbocycles. The molecule has 2 atom stereocenters. The van der Waals surface area contributed by atoms with Crippen molar-refractivity contribution in [2.45, 2.75) is 39.3 Å². The number of nitrogens with two attached hydrogens (primary N) is 1. The number of aromatic hydroxyl groups is 1. The van der Waals surface area contributed by atoms with Crippen molar-refractivity contribution in [3.63, 3.8) is 0 Å². The maximum atomic E-state index is 11.8. The monoisotopic (exact) mass is 280 g/mol. The molecule has 1 amide bonds. The van der Waals surface area contributed by atoms with Gasteiger partial charge >= 0.3 is 5.97 Å². The molecule has 0 aliphatic heterocycles. The van der Waals surface area contributed by atoms with Crippen molar-refractivity contribution >= 4 is 11.9 Å². The summed E-state index contributed by atoms with van der Waals surface area (Å²) >= 11 is 0. The van der Waals surface area contributed by atoms with Crippen LogP contribution in [0.3, 0.4) is 0 Å². The van der Waals surface area contributed by atoms with Crippen molar-refractivity contribution in [1.29, 1.82) is 0 Å². The zero-order valence-corrected chi connectivity index (χ0v) is 11.8. The molecular formula is C14H20N2O4. The third-order valence-corrected chi connectivity index (χ3v) is 3.17. The van der Waals surface area contributed by atoms with Gasteiger partial charge in [0.2, 0.25) is 5.91 Å². The normalized spacial score (nSPS) is 13.6. The number of hydrogen-bond donors (Lipinski definition) is 4. The van der Waals surface area contributed by atoms with E-state index in [0.717, 1.165) is 16.7 Å². The van der Waals surface area contributed by atoms with Gasteiger partial charge in [-0.1, -0.05) is 0 Å². The lowest BCUT2D eigenvalue weighted by Crippen LogP contribution is -2.48. The Morgan fingerprint density at radius 1 is 1.30 bits per heavy atom. The first-order valence-corrected chi connectivity index (χ1v) is 6.30. The number of aryl methyl sites for hydroxylation is 2. The molecule has 20 heavy (non-hydrogen) atoms. The Balaban J connectivity index is 2.78. The number of aliphatic carboxylic acids is 1. The second-order valence-corrected chi connectivity index (χ2v) is 4.94. The molecule has 1 rings (SSSR count). The van der Waals surface area contributed by atoms with E-state index in [9.17, 15) is 14.7 Å². The number of carboxylic acids is 1. The van der Waals surface area contributed by atoms with Gasteiger partial charge in [-0.15, -0.1) is 0 Å². The first-order valence-electron chi connectivity index (χ1n) is 6.30. The van der Waals surface area contributed by atoms with Crippen molar-refractivity contribution in [2.75, 3.05) is 0 Å². The highest BCUT2D eigenvalue weighted by Gasteiger charge is 2.21. The van der Waals surface area contributed by atoms with Gasteiger partial charge in [0, 0.05) is 0 Å². The number of carbonyl (C=O) groups excluding carboxylic acids is 1. The largest absolute Gasteiger partial charge is 0.508 e. The van der Waals surface area contributed by atoms with Crippen molar-refractivity contribution in [1.82, 2.24) is 5.32 Å². The minimum absolute atomic E-state index is 0.168. The van der Waals surface area contributed by atoms with E-state index in [-0.39, 0.29) is 12.2 Å². The average Bonchev–Trinajstić information content (AvgIpc) is 2.32. The molecule has 1 unspecified atom stereocenters. The van der Waals surface area contributed by atoms with Gasteiger partial charge in [-0.2, -0.15) is 0 Å². The van der Waals surface area contributed by atoms with Crippen molar-refractivity contribution in [3.05, 3.63) is 28.8 Å². The molecule has 0 aromatic heterocycles. The number of carboxylic acid groups (broad SMARTS) is 1. The second kappa shape index (κ2) is 6.38. The Morgan fingerprint density at radius 3 is 2.25 bits per heavy atom. The molecule has 6 heteroatoms. The highest BCUT2D eigenvalue weighted by Crippen LogP contribution is 2.21. The van der Waals surface area contributed by atoms with E-state index in [1.54, 1.807) is 12.1 Å². The lowest BCUT2D eigenvalue weighted by Gasteiger charge is -2.17. The van der Waals surface area contributed by atoms with Crippen LogP contribution in [0.4, 0.5) is 0 Å². The fourth-order valence-electron chi connectivity index (χ4n) is 1.99. The predicted molar refractivity (Wildman–Crippen MR) is 74.5 cm³/mol. The molecule has 5 N–H and O–H groups in total. The van der Waals surface area contributed by atoms with E-state index in [1.165, 1.54) is 6.92 Å². The number of amides is 1. The molecule has 6 nitrogen and oxygen atoms in total. The van der Waals surface area contributed by atoms with Crippen molar-refractivity contribution < 1.29 is 19.8 Å². The molecule has 0 fully saturated rings. The molecule has 0 bridgehead atoms. The van der Waals surface area contributed by atoms with Gasteiger partial charge in [0.1, 0.15) is 11.8 Å². The minimum atomic E-state index is -1.11. The summed E-state index contributed by atoms with van der Waals surface area (Å²) in [5, 5.41) is 20.5. The van der Waals surface area contributed by atoms with Crippen LogP contribution < -0.4 is 11.1 Å². The van der Waals surface area contributed by atoms with Gasteiger partial charge in [-0.25, -0.2) is 0 Å². The summed E-state index contributed by atoms with van der Waals surface area (Å²) in [6.07, 6.45) is 0.288. The van der Waals surface area contributed by atoms with Crippen LogP contribution in [0.5, 0.6) is 5.75 Å². The van der Waals surface area contributed by atoms with Crippen LogP contribution in [0, 0.1) is 13.8 Å². The van der Waals surface area contributed by atoms with Crippen LogP contribution in [-0.4, -0.2) is 34.2 Å². The topological polar surface area (TPSA) is 113 Å². The maximum absolute atomic E-state index is 11.8. The van der Waals surface area contributed by atoms with Gasteiger partial charge in [0.05, 0.1) is 6.04 Å². The maximum Gasteiger partial charge on any atom is 0.325 e. The Morgan fingerprint density at radius 2 is 1.80 bits per heavy atom. The smallest absolute Gasteiger partial charge is 0.325 e. The molecular weight excluding hydrogens is 260 g/mol. The molecule has 0 aliphatic rings. The Hall–Kier alpha value is -2.08. The lowest BCUT2D eigenvalue weighted by atomic mass is 9.96. The Kier molecular flexibility index (Phi) is 5.10. The molecule has 0 saturated heterocycles. The summed E-state index contributed by atoms with van der Waals surface area (Å²) in [6.45, 7) is 5.03. The van der Waals surface area contributed by atoms with E-state index in [2.05, 4.69) is 5.32 Å². The van der Waals surface area contributed by atoms with Crippen LogP contribution in [-0.2, 0) is 16.0 Å². The first-order chi connectivity index (χ1) is 9.22. The number of phenolic OH excluding ortho intramolecular Hbond substituents is 1. The number of phenols is 1. The number of carbonyl (C=O) groups is 2. The van der Waals surface area contributed by atoms with Crippen LogP contribution in [0.2, 0.25) is 0 Å². The third-order valence-electron chi connectivity index (χ3n) is 3.17. The van der Waals surface area contributed by atoms with E-state index >= 15 is 0 Å². The Bertz CT molecular complexity index is 505. The molecule has 0 spiro atoms. The summed E-state index contributed by atoms with van der Waals surface area (Å²) in [7, 11) is 0. The zero-order chi connectivity index (χ0) is 15.4. The first kappa shape index (κ1) is 16.0. The van der Waals surface area contributed by atoms with Crippen molar-refractivity contribution in [2.24, 2.45) is 5.73 Å². The number of hydrogen-bond acceptors (Lipinski definition) is 4.